The predicted molar refractivity (Wildman–Crippen MR) is 126 cm³/mol. The Bertz CT molecular complexity index is 588. The van der Waals surface area contributed by atoms with Crippen LogP contribution in [-0.2, 0) is 6.42 Å². The molecule has 1 atom stereocenters. The van der Waals surface area contributed by atoms with E-state index in [2.05, 4.69) is 77.4 Å². The molecule has 5 heteroatoms. The van der Waals surface area contributed by atoms with Crippen LogP contribution in [0.3, 0.4) is 0 Å². The van der Waals surface area contributed by atoms with Crippen molar-refractivity contribution >= 4 is 5.96 Å². The van der Waals surface area contributed by atoms with Crippen LogP contribution >= 0.6 is 0 Å². The predicted octanol–water partition coefficient (Wildman–Crippen LogP) is 3.18. The van der Waals surface area contributed by atoms with E-state index in [1.807, 2.05) is 7.05 Å². The number of hydrogen-bond donors (Lipinski definition) is 2. The van der Waals surface area contributed by atoms with Crippen molar-refractivity contribution in [3.05, 3.63) is 35.4 Å². The number of aryl methyl sites for hydroxylation is 1. The van der Waals surface area contributed by atoms with Crippen molar-refractivity contribution < 1.29 is 0 Å². The first-order valence-electron chi connectivity index (χ1n) is 11.5. The highest BCUT2D eigenvalue weighted by molar-refractivity contribution is 5.79. The average molecular weight is 402 g/mol. The van der Waals surface area contributed by atoms with Gasteiger partial charge in [-0.25, -0.2) is 0 Å². The van der Waals surface area contributed by atoms with E-state index in [4.69, 9.17) is 0 Å². The van der Waals surface area contributed by atoms with Gasteiger partial charge in [0.15, 0.2) is 5.96 Å². The van der Waals surface area contributed by atoms with Crippen LogP contribution in [0.5, 0.6) is 0 Å². The van der Waals surface area contributed by atoms with Crippen LogP contribution in [0.25, 0.3) is 0 Å². The van der Waals surface area contributed by atoms with E-state index in [9.17, 15) is 0 Å². The van der Waals surface area contributed by atoms with Crippen molar-refractivity contribution in [3.63, 3.8) is 0 Å². The maximum atomic E-state index is 4.38. The highest BCUT2D eigenvalue weighted by atomic mass is 15.3. The van der Waals surface area contributed by atoms with Crippen molar-refractivity contribution in [3.8, 4) is 0 Å². The van der Waals surface area contributed by atoms with Gasteiger partial charge in [0.25, 0.3) is 0 Å². The minimum Gasteiger partial charge on any atom is -0.356 e. The summed E-state index contributed by atoms with van der Waals surface area (Å²) in [6.07, 6.45) is 2.21. The lowest BCUT2D eigenvalue weighted by molar-refractivity contribution is 0.124. The molecule has 29 heavy (non-hydrogen) atoms. The highest BCUT2D eigenvalue weighted by Gasteiger charge is 2.17. The van der Waals surface area contributed by atoms with Crippen molar-refractivity contribution in [2.75, 3.05) is 59.4 Å². The molecule has 0 amide bonds. The van der Waals surface area contributed by atoms with Gasteiger partial charge in [-0.3, -0.25) is 4.99 Å². The second-order valence-electron chi connectivity index (χ2n) is 8.72. The molecule has 0 radical (unpaired) electrons. The largest absolute Gasteiger partial charge is 0.356 e. The molecular formula is C24H43N5. The fourth-order valence-corrected chi connectivity index (χ4v) is 3.85. The fraction of sp³-hybridized carbons (Fsp3) is 0.708. The summed E-state index contributed by atoms with van der Waals surface area (Å²) < 4.78 is 0. The van der Waals surface area contributed by atoms with Gasteiger partial charge in [0, 0.05) is 52.9 Å². The van der Waals surface area contributed by atoms with Gasteiger partial charge < -0.3 is 20.4 Å². The van der Waals surface area contributed by atoms with E-state index in [0.29, 0.717) is 11.8 Å². The minimum atomic E-state index is 0.600. The molecule has 2 N–H and O–H groups in total. The Morgan fingerprint density at radius 1 is 1.00 bits per heavy atom. The van der Waals surface area contributed by atoms with Gasteiger partial charge in [-0.1, -0.05) is 52.0 Å². The quantitative estimate of drug-likeness (QED) is 0.359. The molecule has 1 aromatic carbocycles. The number of likely N-dealkylation sites (N-methyl/N-ethyl adjacent to an activating group) is 1. The van der Waals surface area contributed by atoms with E-state index < -0.39 is 0 Å². The molecule has 0 saturated carbocycles. The summed E-state index contributed by atoms with van der Waals surface area (Å²) in [7, 11) is 1.86. The zero-order valence-electron chi connectivity index (χ0n) is 19.4. The molecule has 1 heterocycles. The second kappa shape index (κ2) is 12.9. The molecule has 1 saturated heterocycles. The molecule has 2 rings (SSSR count). The van der Waals surface area contributed by atoms with E-state index in [0.717, 1.165) is 38.4 Å². The zero-order chi connectivity index (χ0) is 21.1. The van der Waals surface area contributed by atoms with Gasteiger partial charge in [-0.05, 0) is 42.3 Å². The first-order valence-corrected chi connectivity index (χ1v) is 11.5. The topological polar surface area (TPSA) is 42.9 Å². The Hall–Kier alpha value is -1.59. The standard InChI is InChI=1S/C24H43N5/c1-6-28-14-16-29(17-15-28)19-21(4)18-27-24(25-5)26-13-7-8-22-9-11-23(12-10-22)20(2)3/h9-12,20-21H,6-8,13-19H2,1-5H3,(H2,25,26,27). The van der Waals surface area contributed by atoms with Crippen LogP contribution in [0.4, 0.5) is 0 Å². The molecular weight excluding hydrogens is 358 g/mol. The lowest BCUT2D eigenvalue weighted by Gasteiger charge is -2.35. The van der Waals surface area contributed by atoms with Crippen molar-refractivity contribution in [1.82, 2.24) is 20.4 Å². The summed E-state index contributed by atoms with van der Waals surface area (Å²) >= 11 is 0. The molecule has 1 aromatic rings. The number of aliphatic imine (C=N–C) groups is 1. The van der Waals surface area contributed by atoms with Gasteiger partial charge >= 0.3 is 0 Å². The molecule has 0 aliphatic carbocycles. The number of benzene rings is 1. The van der Waals surface area contributed by atoms with Crippen molar-refractivity contribution in [2.24, 2.45) is 10.9 Å². The maximum Gasteiger partial charge on any atom is 0.190 e. The zero-order valence-corrected chi connectivity index (χ0v) is 19.4. The normalized spacial score (nSPS) is 17.5. The molecule has 0 spiro atoms. The summed E-state index contributed by atoms with van der Waals surface area (Å²) in [5, 5.41) is 6.96. The van der Waals surface area contributed by atoms with E-state index in [1.165, 1.54) is 43.9 Å². The van der Waals surface area contributed by atoms with Crippen LogP contribution in [0.2, 0.25) is 0 Å². The monoisotopic (exact) mass is 401 g/mol. The molecule has 5 nitrogen and oxygen atoms in total. The van der Waals surface area contributed by atoms with Crippen LogP contribution in [0.1, 0.15) is 51.2 Å². The Labute approximate surface area is 179 Å². The number of hydrogen-bond acceptors (Lipinski definition) is 3. The number of guanidine groups is 1. The maximum absolute atomic E-state index is 4.38. The third-order valence-corrected chi connectivity index (χ3v) is 5.90. The summed E-state index contributed by atoms with van der Waals surface area (Å²) in [5.74, 6) is 2.13. The summed E-state index contributed by atoms with van der Waals surface area (Å²) in [6.45, 7) is 18.1. The third-order valence-electron chi connectivity index (χ3n) is 5.90. The summed E-state index contributed by atoms with van der Waals surface area (Å²) in [4.78, 5) is 9.51. The molecule has 164 valence electrons. The number of piperazine rings is 1. The molecule has 1 fully saturated rings. The molecule has 1 aliphatic heterocycles. The van der Waals surface area contributed by atoms with Gasteiger partial charge in [-0.2, -0.15) is 0 Å². The summed E-state index contributed by atoms with van der Waals surface area (Å²) in [5.41, 5.74) is 2.83. The Kier molecular flexibility index (Phi) is 10.5. The SMILES string of the molecule is CCN1CCN(CC(C)CNC(=NC)NCCCc2ccc(C(C)C)cc2)CC1. The summed E-state index contributed by atoms with van der Waals surface area (Å²) in [6, 6.07) is 9.06. The van der Waals surface area contributed by atoms with Crippen LogP contribution < -0.4 is 10.6 Å². The third kappa shape index (κ3) is 8.75. The highest BCUT2D eigenvalue weighted by Crippen LogP contribution is 2.15. The number of rotatable bonds is 10. The Morgan fingerprint density at radius 2 is 1.66 bits per heavy atom. The average Bonchev–Trinajstić information content (AvgIpc) is 2.74. The lowest BCUT2D eigenvalue weighted by atomic mass is 10.0. The second-order valence-corrected chi connectivity index (χ2v) is 8.72. The first kappa shape index (κ1) is 23.7. The van der Waals surface area contributed by atoms with E-state index >= 15 is 0 Å². The smallest absolute Gasteiger partial charge is 0.190 e. The van der Waals surface area contributed by atoms with Gasteiger partial charge in [0.2, 0.25) is 0 Å². The van der Waals surface area contributed by atoms with Gasteiger partial charge in [0.05, 0.1) is 0 Å². The molecule has 0 aromatic heterocycles. The van der Waals surface area contributed by atoms with Crippen molar-refractivity contribution in [1.29, 1.82) is 0 Å². The number of nitrogens with zero attached hydrogens (tertiary/aromatic N) is 3. The van der Waals surface area contributed by atoms with Crippen molar-refractivity contribution in [2.45, 2.75) is 46.5 Å². The van der Waals surface area contributed by atoms with E-state index in [1.54, 1.807) is 0 Å². The van der Waals surface area contributed by atoms with Gasteiger partial charge in [0.1, 0.15) is 0 Å². The van der Waals surface area contributed by atoms with Gasteiger partial charge in [-0.15, -0.1) is 0 Å². The van der Waals surface area contributed by atoms with E-state index in [-0.39, 0.29) is 0 Å². The first-order chi connectivity index (χ1) is 14.0. The lowest BCUT2D eigenvalue weighted by Crippen LogP contribution is -2.48. The molecule has 1 unspecified atom stereocenters. The minimum absolute atomic E-state index is 0.600. The molecule has 0 bridgehead atoms. The van der Waals surface area contributed by atoms with Crippen LogP contribution in [0.15, 0.2) is 29.3 Å². The van der Waals surface area contributed by atoms with Crippen LogP contribution in [-0.4, -0.2) is 75.2 Å². The Morgan fingerprint density at radius 3 is 2.24 bits per heavy atom. The molecule has 1 aliphatic rings. The number of nitrogens with one attached hydrogen (secondary N) is 2. The van der Waals surface area contributed by atoms with Crippen LogP contribution in [0, 0.1) is 5.92 Å². The fourth-order valence-electron chi connectivity index (χ4n) is 3.85. The Balaban J connectivity index is 1.60.